The number of aromatic nitrogens is 1. The van der Waals surface area contributed by atoms with E-state index >= 15 is 0 Å². The van der Waals surface area contributed by atoms with Crippen molar-refractivity contribution < 1.29 is 26.7 Å². The van der Waals surface area contributed by atoms with E-state index in [0.717, 1.165) is 16.4 Å². The van der Waals surface area contributed by atoms with Gasteiger partial charge in [0.15, 0.2) is 0 Å². The van der Waals surface area contributed by atoms with Crippen LogP contribution in [0.3, 0.4) is 0 Å². The molecule has 0 atom stereocenters. The SMILES string of the molecule is COc1ccc(CN(c2cccc(F)n2)S(=O)(=O)c2cc(C)c(F)cc2Br)c(OC)c1. The van der Waals surface area contributed by atoms with Crippen molar-refractivity contribution >= 4 is 31.8 Å². The molecule has 10 heteroatoms. The van der Waals surface area contributed by atoms with Crippen molar-refractivity contribution in [1.29, 1.82) is 0 Å². The number of benzene rings is 2. The number of ether oxygens (including phenoxy) is 2. The lowest BCUT2D eigenvalue weighted by Crippen LogP contribution is -2.32. The van der Waals surface area contributed by atoms with E-state index in [9.17, 15) is 17.2 Å². The lowest BCUT2D eigenvalue weighted by molar-refractivity contribution is 0.391. The van der Waals surface area contributed by atoms with Crippen LogP contribution in [0.2, 0.25) is 0 Å². The second-order valence-corrected chi connectivity index (χ2v) is 9.22. The molecule has 0 N–H and O–H groups in total. The number of aryl methyl sites for hydroxylation is 1. The quantitative estimate of drug-likeness (QED) is 0.423. The van der Waals surface area contributed by atoms with Gasteiger partial charge in [0.1, 0.15) is 28.0 Å². The van der Waals surface area contributed by atoms with E-state index in [1.807, 2.05) is 0 Å². The third-order valence-corrected chi connectivity index (χ3v) is 7.25. The molecule has 0 aliphatic carbocycles. The second kappa shape index (κ2) is 9.19. The molecule has 164 valence electrons. The van der Waals surface area contributed by atoms with Crippen LogP contribution in [0.1, 0.15) is 11.1 Å². The molecule has 31 heavy (non-hydrogen) atoms. The van der Waals surface area contributed by atoms with Gasteiger partial charge in [-0.2, -0.15) is 4.39 Å². The molecule has 1 heterocycles. The van der Waals surface area contributed by atoms with Crippen molar-refractivity contribution in [3.05, 3.63) is 75.9 Å². The number of halogens is 3. The third-order valence-electron chi connectivity index (χ3n) is 4.55. The Kier molecular flexibility index (Phi) is 6.80. The minimum Gasteiger partial charge on any atom is -0.497 e. The molecule has 0 saturated heterocycles. The number of anilines is 1. The molecule has 0 bridgehead atoms. The van der Waals surface area contributed by atoms with E-state index in [-0.39, 0.29) is 27.3 Å². The lowest BCUT2D eigenvalue weighted by atomic mass is 10.2. The van der Waals surface area contributed by atoms with Crippen LogP contribution in [0.25, 0.3) is 0 Å². The first-order chi connectivity index (χ1) is 14.7. The predicted molar refractivity (Wildman–Crippen MR) is 116 cm³/mol. The van der Waals surface area contributed by atoms with Crippen LogP contribution >= 0.6 is 15.9 Å². The van der Waals surface area contributed by atoms with Gasteiger partial charge in [0, 0.05) is 16.1 Å². The molecule has 6 nitrogen and oxygen atoms in total. The zero-order valence-corrected chi connectivity index (χ0v) is 19.3. The van der Waals surface area contributed by atoms with Gasteiger partial charge in [-0.15, -0.1) is 0 Å². The van der Waals surface area contributed by atoms with Crippen molar-refractivity contribution in [3.63, 3.8) is 0 Å². The topological polar surface area (TPSA) is 68.7 Å². The Bertz CT molecular complexity index is 1220. The van der Waals surface area contributed by atoms with Crippen molar-refractivity contribution in [3.8, 4) is 11.5 Å². The Hall–Kier alpha value is -2.72. The predicted octanol–water partition coefficient (Wildman–Crippen LogP) is 4.84. The summed E-state index contributed by atoms with van der Waals surface area (Å²) in [5, 5.41) is 0. The highest BCUT2D eigenvalue weighted by Crippen LogP contribution is 2.33. The standard InChI is InChI=1S/C21H19BrF2N2O4S/c1-13-9-19(16(22)11-17(13)23)31(27,28)26(21-6-4-5-20(24)25-21)12-14-7-8-15(29-2)10-18(14)30-3/h4-11H,12H2,1-3H3. The summed E-state index contributed by atoms with van der Waals surface area (Å²) < 4.78 is 66.5. The third kappa shape index (κ3) is 4.80. The van der Waals surface area contributed by atoms with E-state index in [1.54, 1.807) is 18.2 Å². The molecule has 0 aliphatic heterocycles. The Balaban J connectivity index is 2.18. The van der Waals surface area contributed by atoms with Crippen LogP contribution in [0.4, 0.5) is 14.6 Å². The normalized spacial score (nSPS) is 11.3. The Morgan fingerprint density at radius 1 is 1.06 bits per heavy atom. The van der Waals surface area contributed by atoms with E-state index in [1.165, 1.54) is 39.3 Å². The highest BCUT2D eigenvalue weighted by Gasteiger charge is 2.30. The summed E-state index contributed by atoms with van der Waals surface area (Å²) in [6.07, 6.45) is 0. The smallest absolute Gasteiger partial charge is 0.266 e. The molecule has 0 amide bonds. The molecular weight excluding hydrogens is 494 g/mol. The number of pyridine rings is 1. The number of nitrogens with zero attached hydrogens (tertiary/aromatic N) is 2. The summed E-state index contributed by atoms with van der Waals surface area (Å²) in [7, 11) is -1.34. The van der Waals surface area contributed by atoms with E-state index < -0.39 is 21.8 Å². The summed E-state index contributed by atoms with van der Waals surface area (Å²) in [6.45, 7) is 1.24. The molecule has 1 aromatic heterocycles. The minimum absolute atomic E-state index is 0.0405. The maximum Gasteiger partial charge on any atom is 0.266 e. The van der Waals surface area contributed by atoms with Crippen molar-refractivity contribution in [2.75, 3.05) is 18.5 Å². The number of sulfonamides is 1. The molecule has 0 radical (unpaired) electrons. The molecule has 0 unspecified atom stereocenters. The summed E-state index contributed by atoms with van der Waals surface area (Å²) in [4.78, 5) is 3.57. The molecule has 0 aliphatic rings. The van der Waals surface area contributed by atoms with Crippen LogP contribution < -0.4 is 13.8 Å². The molecule has 3 aromatic rings. The molecule has 0 spiro atoms. The molecule has 0 fully saturated rings. The van der Waals surface area contributed by atoms with Crippen molar-refractivity contribution in [1.82, 2.24) is 4.98 Å². The van der Waals surface area contributed by atoms with Gasteiger partial charge in [0.2, 0.25) is 5.95 Å². The fourth-order valence-electron chi connectivity index (χ4n) is 2.91. The zero-order chi connectivity index (χ0) is 22.8. The average molecular weight is 513 g/mol. The fourth-order valence-corrected chi connectivity index (χ4v) is 5.36. The number of hydrogen-bond acceptors (Lipinski definition) is 5. The van der Waals surface area contributed by atoms with Crippen LogP contribution in [-0.2, 0) is 16.6 Å². The number of hydrogen-bond donors (Lipinski definition) is 0. The van der Waals surface area contributed by atoms with Gasteiger partial charge in [-0.05, 0) is 64.8 Å². The Morgan fingerprint density at radius 2 is 1.81 bits per heavy atom. The van der Waals surface area contributed by atoms with Gasteiger partial charge >= 0.3 is 0 Å². The summed E-state index contributed by atoms with van der Waals surface area (Å²) >= 11 is 3.12. The van der Waals surface area contributed by atoms with Crippen LogP contribution in [-0.4, -0.2) is 27.6 Å². The lowest BCUT2D eigenvalue weighted by Gasteiger charge is -2.25. The van der Waals surface area contributed by atoms with Crippen LogP contribution in [0, 0.1) is 18.7 Å². The first kappa shape index (κ1) is 23.0. The molecule has 3 rings (SSSR count). The fraction of sp³-hybridized carbons (Fsp3) is 0.190. The summed E-state index contributed by atoms with van der Waals surface area (Å²) in [5.74, 6) is -0.625. The van der Waals surface area contributed by atoms with E-state index in [4.69, 9.17) is 9.47 Å². The first-order valence-electron chi connectivity index (χ1n) is 8.99. The number of rotatable bonds is 7. The highest BCUT2D eigenvalue weighted by atomic mass is 79.9. The molecular formula is C21H19BrF2N2O4S. The molecule has 0 saturated carbocycles. The zero-order valence-electron chi connectivity index (χ0n) is 16.9. The highest BCUT2D eigenvalue weighted by molar-refractivity contribution is 9.10. The van der Waals surface area contributed by atoms with Gasteiger partial charge in [-0.1, -0.05) is 6.07 Å². The van der Waals surface area contributed by atoms with Crippen molar-refractivity contribution in [2.45, 2.75) is 18.4 Å². The van der Waals surface area contributed by atoms with Crippen molar-refractivity contribution in [2.24, 2.45) is 0 Å². The molecule has 2 aromatic carbocycles. The second-order valence-electron chi connectivity index (χ2n) is 6.54. The maximum absolute atomic E-state index is 13.9. The van der Waals surface area contributed by atoms with Gasteiger partial charge < -0.3 is 9.47 Å². The monoisotopic (exact) mass is 512 g/mol. The van der Waals surface area contributed by atoms with Gasteiger partial charge in [0.25, 0.3) is 10.0 Å². The minimum atomic E-state index is -4.28. The van der Waals surface area contributed by atoms with E-state index in [2.05, 4.69) is 20.9 Å². The Labute approximate surface area is 187 Å². The first-order valence-corrected chi connectivity index (χ1v) is 11.2. The summed E-state index contributed by atoms with van der Waals surface area (Å²) in [6, 6.07) is 11.0. The maximum atomic E-state index is 13.9. The van der Waals surface area contributed by atoms with Crippen LogP contribution in [0.15, 0.2) is 57.9 Å². The van der Waals surface area contributed by atoms with Gasteiger partial charge in [-0.3, -0.25) is 0 Å². The van der Waals surface area contributed by atoms with Gasteiger partial charge in [-0.25, -0.2) is 22.1 Å². The Morgan fingerprint density at radius 3 is 2.45 bits per heavy atom. The number of methoxy groups -OCH3 is 2. The van der Waals surface area contributed by atoms with Gasteiger partial charge in [0.05, 0.1) is 20.8 Å². The van der Waals surface area contributed by atoms with E-state index in [0.29, 0.717) is 17.1 Å². The van der Waals surface area contributed by atoms with Crippen LogP contribution in [0.5, 0.6) is 11.5 Å². The largest absolute Gasteiger partial charge is 0.497 e. The average Bonchev–Trinajstić information content (AvgIpc) is 2.74. The summed E-state index contributed by atoms with van der Waals surface area (Å²) in [5.41, 5.74) is 0.642.